The topological polar surface area (TPSA) is 130 Å². The molecule has 0 aliphatic rings. The number of nitro benzene ring substituents is 1. The second kappa shape index (κ2) is 15.5. The Labute approximate surface area is 273 Å². The van der Waals surface area contributed by atoms with Gasteiger partial charge in [-0.1, -0.05) is 79.2 Å². The lowest BCUT2D eigenvalue weighted by atomic mass is 10.0. The van der Waals surface area contributed by atoms with Crippen molar-refractivity contribution in [2.24, 2.45) is 0 Å². The Morgan fingerprint density at radius 2 is 1.50 bits per heavy atom. The number of amides is 2. The van der Waals surface area contributed by atoms with E-state index in [9.17, 15) is 28.1 Å². The van der Waals surface area contributed by atoms with Crippen LogP contribution >= 0.6 is 11.6 Å². The number of non-ortho nitro benzene ring substituents is 1. The van der Waals surface area contributed by atoms with Gasteiger partial charge in [0.05, 0.1) is 15.5 Å². The Morgan fingerprint density at radius 3 is 2.09 bits per heavy atom. The highest BCUT2D eigenvalue weighted by molar-refractivity contribution is 7.92. The summed E-state index contributed by atoms with van der Waals surface area (Å²) in [5.41, 5.74) is 1.26. The number of nitro groups is 1. The van der Waals surface area contributed by atoms with Gasteiger partial charge in [-0.3, -0.25) is 24.0 Å². The summed E-state index contributed by atoms with van der Waals surface area (Å²) < 4.78 is 28.9. The molecule has 2 atom stereocenters. The maximum atomic E-state index is 14.5. The molecule has 4 aromatic rings. The van der Waals surface area contributed by atoms with Crippen molar-refractivity contribution in [3.63, 3.8) is 0 Å². The summed E-state index contributed by atoms with van der Waals surface area (Å²) in [4.78, 5) is 40.3. The smallest absolute Gasteiger partial charge is 0.269 e. The lowest BCUT2D eigenvalue weighted by Crippen LogP contribution is -2.54. The summed E-state index contributed by atoms with van der Waals surface area (Å²) in [5, 5.41) is 14.7. The molecule has 0 bridgehead atoms. The molecule has 4 aromatic carbocycles. The highest BCUT2D eigenvalue weighted by atomic mass is 35.5. The number of benzene rings is 4. The summed E-state index contributed by atoms with van der Waals surface area (Å²) in [5.74, 6) is -1.04. The van der Waals surface area contributed by atoms with Crippen molar-refractivity contribution in [2.75, 3.05) is 10.8 Å². The molecule has 0 spiro atoms. The van der Waals surface area contributed by atoms with Gasteiger partial charge in [0.25, 0.3) is 15.7 Å². The standard InChI is InChI=1S/C34H35ClN4O6S/c1-3-25(2)36-34(41)32(22-26-11-6-4-7-12-26)37(23-27-13-10-14-28(35)21-27)33(40)24-38(29-17-19-30(20-18-29)39(42)43)46(44,45)31-15-8-5-9-16-31/h4-21,25,32H,3,22-24H2,1-2H3,(H,36,41)/t25-,32-/m0/s1. The third kappa shape index (κ3) is 8.70. The first-order valence-electron chi connectivity index (χ1n) is 14.7. The average Bonchev–Trinajstić information content (AvgIpc) is 3.05. The van der Waals surface area contributed by atoms with Crippen LogP contribution in [0.15, 0.2) is 114 Å². The maximum Gasteiger partial charge on any atom is 0.269 e. The zero-order valence-electron chi connectivity index (χ0n) is 25.5. The Hall–Kier alpha value is -4.74. The van der Waals surface area contributed by atoms with E-state index in [1.165, 1.54) is 41.3 Å². The van der Waals surface area contributed by atoms with Crippen molar-refractivity contribution < 1.29 is 22.9 Å². The first kappa shape index (κ1) is 34.1. The van der Waals surface area contributed by atoms with Gasteiger partial charge in [0.2, 0.25) is 11.8 Å². The SMILES string of the molecule is CC[C@H](C)NC(=O)[C@H](Cc1ccccc1)N(Cc1cccc(Cl)c1)C(=O)CN(c1ccc([N+](=O)[O-])cc1)S(=O)(=O)c1ccccc1. The summed E-state index contributed by atoms with van der Waals surface area (Å²) in [6, 6.07) is 27.4. The van der Waals surface area contributed by atoms with Gasteiger partial charge in [0, 0.05) is 36.2 Å². The number of sulfonamides is 1. The molecule has 46 heavy (non-hydrogen) atoms. The number of halogens is 1. The van der Waals surface area contributed by atoms with E-state index in [2.05, 4.69) is 5.32 Å². The van der Waals surface area contributed by atoms with E-state index in [1.54, 1.807) is 42.5 Å². The molecule has 0 heterocycles. The summed E-state index contributed by atoms with van der Waals surface area (Å²) >= 11 is 6.28. The van der Waals surface area contributed by atoms with E-state index in [4.69, 9.17) is 11.6 Å². The minimum absolute atomic E-state index is 0.0374. The number of anilines is 1. The molecular formula is C34H35ClN4O6S. The van der Waals surface area contributed by atoms with Crippen LogP contribution in [0.3, 0.4) is 0 Å². The summed E-state index contributed by atoms with van der Waals surface area (Å²) in [6.07, 6.45) is 0.827. The average molecular weight is 663 g/mol. The maximum absolute atomic E-state index is 14.5. The fourth-order valence-corrected chi connectivity index (χ4v) is 6.46. The minimum Gasteiger partial charge on any atom is -0.352 e. The largest absolute Gasteiger partial charge is 0.352 e. The molecule has 10 nitrogen and oxygen atoms in total. The molecule has 0 aromatic heterocycles. The fourth-order valence-electron chi connectivity index (χ4n) is 4.82. The van der Waals surface area contributed by atoms with Crippen molar-refractivity contribution in [1.82, 2.24) is 10.2 Å². The van der Waals surface area contributed by atoms with Gasteiger partial charge in [0.15, 0.2) is 0 Å². The van der Waals surface area contributed by atoms with Crippen LogP contribution in [0.5, 0.6) is 0 Å². The van der Waals surface area contributed by atoms with Gasteiger partial charge < -0.3 is 10.2 Å². The van der Waals surface area contributed by atoms with Crippen LogP contribution in [-0.4, -0.2) is 48.7 Å². The lowest BCUT2D eigenvalue weighted by Gasteiger charge is -2.34. The van der Waals surface area contributed by atoms with E-state index in [-0.39, 0.29) is 41.2 Å². The third-order valence-electron chi connectivity index (χ3n) is 7.47. The molecule has 0 saturated heterocycles. The molecular weight excluding hydrogens is 628 g/mol. The molecule has 12 heteroatoms. The van der Waals surface area contributed by atoms with Gasteiger partial charge in [-0.05, 0) is 60.9 Å². The van der Waals surface area contributed by atoms with Gasteiger partial charge in [-0.15, -0.1) is 0 Å². The Morgan fingerprint density at radius 1 is 0.891 bits per heavy atom. The molecule has 240 valence electrons. The number of nitrogens with zero attached hydrogens (tertiary/aromatic N) is 3. The molecule has 0 unspecified atom stereocenters. The van der Waals surface area contributed by atoms with Crippen LogP contribution in [0.2, 0.25) is 5.02 Å². The molecule has 0 aliphatic carbocycles. The monoisotopic (exact) mass is 662 g/mol. The lowest BCUT2D eigenvalue weighted by molar-refractivity contribution is -0.384. The van der Waals surface area contributed by atoms with Crippen LogP contribution in [0.4, 0.5) is 11.4 Å². The number of carbonyl (C=O) groups is 2. The van der Waals surface area contributed by atoms with Gasteiger partial charge in [-0.2, -0.15) is 0 Å². The van der Waals surface area contributed by atoms with Crippen molar-refractivity contribution >= 4 is 44.8 Å². The molecule has 0 fully saturated rings. The summed E-state index contributed by atoms with van der Waals surface area (Å²) in [7, 11) is -4.33. The van der Waals surface area contributed by atoms with Crippen LogP contribution < -0.4 is 9.62 Å². The number of nitrogens with one attached hydrogen (secondary N) is 1. The molecule has 0 saturated carbocycles. The van der Waals surface area contributed by atoms with E-state index in [0.717, 1.165) is 9.87 Å². The predicted octanol–water partition coefficient (Wildman–Crippen LogP) is 6.00. The summed E-state index contributed by atoms with van der Waals surface area (Å²) in [6.45, 7) is 3.08. The molecule has 1 N–H and O–H groups in total. The van der Waals surface area contributed by atoms with Crippen LogP contribution in [0.25, 0.3) is 0 Å². The van der Waals surface area contributed by atoms with Crippen LogP contribution in [0.1, 0.15) is 31.4 Å². The second-order valence-corrected chi connectivity index (χ2v) is 13.1. The molecule has 0 radical (unpaired) electrons. The van der Waals surface area contributed by atoms with E-state index in [1.807, 2.05) is 44.2 Å². The molecule has 4 rings (SSSR count). The van der Waals surface area contributed by atoms with Crippen molar-refractivity contribution in [2.45, 2.75) is 50.2 Å². The molecule has 2 amide bonds. The van der Waals surface area contributed by atoms with Crippen molar-refractivity contribution in [3.8, 4) is 0 Å². The van der Waals surface area contributed by atoms with Gasteiger partial charge >= 0.3 is 0 Å². The van der Waals surface area contributed by atoms with Crippen LogP contribution in [0, 0.1) is 10.1 Å². The zero-order chi connectivity index (χ0) is 33.3. The fraction of sp³-hybridized carbons (Fsp3) is 0.235. The highest BCUT2D eigenvalue weighted by Gasteiger charge is 2.35. The number of carbonyl (C=O) groups excluding carboxylic acids is 2. The highest BCUT2D eigenvalue weighted by Crippen LogP contribution is 2.27. The Bertz CT molecular complexity index is 1760. The van der Waals surface area contributed by atoms with Crippen LogP contribution in [-0.2, 0) is 32.6 Å². The minimum atomic E-state index is -4.33. The third-order valence-corrected chi connectivity index (χ3v) is 9.50. The first-order valence-corrected chi connectivity index (χ1v) is 16.5. The quantitative estimate of drug-likeness (QED) is 0.130. The first-order chi connectivity index (χ1) is 22.0. The van der Waals surface area contributed by atoms with E-state index in [0.29, 0.717) is 17.0 Å². The predicted molar refractivity (Wildman–Crippen MR) is 178 cm³/mol. The van der Waals surface area contributed by atoms with E-state index >= 15 is 0 Å². The normalized spacial score (nSPS) is 12.5. The van der Waals surface area contributed by atoms with Gasteiger partial charge in [0.1, 0.15) is 12.6 Å². The number of hydrogen-bond donors (Lipinski definition) is 1. The van der Waals surface area contributed by atoms with Crippen molar-refractivity contribution in [1.29, 1.82) is 0 Å². The second-order valence-electron chi connectivity index (χ2n) is 10.8. The molecule has 0 aliphatic heterocycles. The zero-order valence-corrected chi connectivity index (χ0v) is 27.0. The Balaban J connectivity index is 1.81. The number of hydrogen-bond acceptors (Lipinski definition) is 6. The van der Waals surface area contributed by atoms with E-state index < -0.39 is 33.4 Å². The number of rotatable bonds is 14. The van der Waals surface area contributed by atoms with Gasteiger partial charge in [-0.25, -0.2) is 8.42 Å². The van der Waals surface area contributed by atoms with Crippen molar-refractivity contribution in [3.05, 3.63) is 135 Å². The Kier molecular flexibility index (Phi) is 11.5.